The Morgan fingerprint density at radius 3 is 1.48 bits per heavy atom. The molecule has 0 saturated carbocycles. The van der Waals surface area contributed by atoms with Crippen molar-refractivity contribution in [2.24, 2.45) is 11.8 Å². The van der Waals surface area contributed by atoms with E-state index in [9.17, 15) is 0 Å². The molecule has 1 aliphatic rings. The third kappa shape index (κ3) is 7.59. The lowest BCUT2D eigenvalue weighted by molar-refractivity contribution is -0.123. The second kappa shape index (κ2) is 9.99. The van der Waals surface area contributed by atoms with Crippen LogP contribution in [-0.2, 0) is 18.9 Å². The van der Waals surface area contributed by atoms with Gasteiger partial charge in [-0.15, -0.1) is 0 Å². The minimum atomic E-state index is -0.334. The topological polar surface area (TPSA) is 52.2 Å². The molecule has 6 nitrogen and oxygen atoms in total. The standard InChI is InChI=1S/C21H44N2O4/c1-14(2)20(6,7)24-12-17-18(13-25-21(8,9)15(3)4)27-19(26-17)16(5)22-23(10)11/h14-19,22H,12-13H2,1-11H3/t16-,17-,18-/m0/s1. The molecule has 6 heteroatoms. The second-order valence-electron chi connectivity index (χ2n) is 9.67. The van der Waals surface area contributed by atoms with Crippen molar-refractivity contribution in [3.8, 4) is 0 Å². The van der Waals surface area contributed by atoms with Crippen molar-refractivity contribution in [3.05, 3.63) is 0 Å². The predicted octanol–water partition coefficient (Wildman–Crippen LogP) is 3.45. The van der Waals surface area contributed by atoms with Crippen molar-refractivity contribution in [3.63, 3.8) is 0 Å². The molecule has 1 N–H and O–H groups in total. The first kappa shape index (κ1) is 24.8. The number of hydrogen-bond acceptors (Lipinski definition) is 6. The lowest BCUT2D eigenvalue weighted by Gasteiger charge is -2.33. The molecule has 1 heterocycles. The van der Waals surface area contributed by atoms with Crippen LogP contribution in [0.1, 0.15) is 62.3 Å². The van der Waals surface area contributed by atoms with E-state index in [0.29, 0.717) is 25.0 Å². The van der Waals surface area contributed by atoms with Crippen LogP contribution in [0.3, 0.4) is 0 Å². The maximum absolute atomic E-state index is 6.22. The highest BCUT2D eigenvalue weighted by atomic mass is 16.7. The SMILES string of the molecule is CC(C)C(C)(C)OC[C@@H]1OC([C@H](C)NN(C)C)O[C@H]1COC(C)(C)C(C)C. The number of nitrogens with zero attached hydrogens (tertiary/aromatic N) is 1. The van der Waals surface area contributed by atoms with Crippen molar-refractivity contribution >= 4 is 0 Å². The zero-order valence-corrected chi connectivity index (χ0v) is 19.5. The average molecular weight is 389 g/mol. The van der Waals surface area contributed by atoms with Crippen molar-refractivity contribution in [2.45, 2.75) is 98.1 Å². The van der Waals surface area contributed by atoms with Gasteiger partial charge in [0.05, 0.1) is 30.5 Å². The lowest BCUT2D eigenvalue weighted by atomic mass is 9.94. The molecule has 0 aliphatic carbocycles. The largest absolute Gasteiger partial charge is 0.373 e. The summed E-state index contributed by atoms with van der Waals surface area (Å²) in [5.74, 6) is 0.832. The smallest absolute Gasteiger partial charge is 0.175 e. The quantitative estimate of drug-likeness (QED) is 0.547. The van der Waals surface area contributed by atoms with Crippen molar-refractivity contribution in [1.29, 1.82) is 0 Å². The number of nitrogens with one attached hydrogen (secondary N) is 1. The first-order chi connectivity index (χ1) is 12.3. The minimum Gasteiger partial charge on any atom is -0.373 e. The van der Waals surface area contributed by atoms with Crippen molar-refractivity contribution in [2.75, 3.05) is 27.3 Å². The lowest BCUT2D eigenvalue weighted by Crippen LogP contribution is -2.45. The highest BCUT2D eigenvalue weighted by Gasteiger charge is 2.41. The van der Waals surface area contributed by atoms with Gasteiger partial charge in [-0.05, 0) is 46.5 Å². The Morgan fingerprint density at radius 2 is 1.19 bits per heavy atom. The number of hydrogen-bond donors (Lipinski definition) is 1. The fourth-order valence-electron chi connectivity index (χ4n) is 2.48. The van der Waals surface area contributed by atoms with Crippen molar-refractivity contribution in [1.82, 2.24) is 10.4 Å². The van der Waals surface area contributed by atoms with Gasteiger partial charge < -0.3 is 18.9 Å². The van der Waals surface area contributed by atoms with E-state index in [2.05, 4.69) is 67.7 Å². The minimum absolute atomic E-state index is 0.0312. The van der Waals surface area contributed by atoms with Crippen LogP contribution in [0.5, 0.6) is 0 Å². The summed E-state index contributed by atoms with van der Waals surface area (Å²) in [4.78, 5) is 0. The number of rotatable bonds is 11. The third-order valence-electron chi connectivity index (χ3n) is 5.92. The van der Waals surface area contributed by atoms with Crippen LogP contribution in [0, 0.1) is 11.8 Å². The number of ether oxygens (including phenoxy) is 4. The van der Waals surface area contributed by atoms with Gasteiger partial charge >= 0.3 is 0 Å². The normalized spacial score (nSPS) is 23.8. The molecule has 1 aliphatic heterocycles. The summed E-state index contributed by atoms with van der Waals surface area (Å²) in [6.45, 7) is 20.2. The van der Waals surface area contributed by atoms with Crippen LogP contribution in [0.15, 0.2) is 0 Å². The molecule has 0 radical (unpaired) electrons. The zero-order chi connectivity index (χ0) is 21.0. The summed E-state index contributed by atoms with van der Waals surface area (Å²) in [6.07, 6.45) is -0.635. The molecule has 1 saturated heterocycles. The Kier molecular flexibility index (Phi) is 9.17. The van der Waals surface area contributed by atoms with Gasteiger partial charge in [-0.25, -0.2) is 5.43 Å². The van der Waals surface area contributed by atoms with E-state index in [1.54, 1.807) is 0 Å². The second-order valence-corrected chi connectivity index (χ2v) is 9.67. The summed E-state index contributed by atoms with van der Waals surface area (Å²) in [5, 5.41) is 1.91. The van der Waals surface area contributed by atoms with E-state index < -0.39 is 0 Å². The zero-order valence-electron chi connectivity index (χ0n) is 19.5. The van der Waals surface area contributed by atoms with Gasteiger partial charge in [0.1, 0.15) is 12.2 Å². The maximum Gasteiger partial charge on any atom is 0.175 e. The van der Waals surface area contributed by atoms with E-state index in [1.807, 2.05) is 19.1 Å². The summed E-state index contributed by atoms with van der Waals surface area (Å²) in [6, 6.07) is 0.0312. The molecule has 162 valence electrons. The molecule has 0 bridgehead atoms. The molecule has 1 fully saturated rings. The molecule has 0 spiro atoms. The summed E-state index contributed by atoms with van der Waals surface area (Å²) in [5.41, 5.74) is 2.89. The average Bonchev–Trinajstić information content (AvgIpc) is 2.93. The molecular weight excluding hydrogens is 344 g/mol. The summed E-state index contributed by atoms with van der Waals surface area (Å²) < 4.78 is 24.8. The molecule has 0 aromatic heterocycles. The Bertz CT molecular complexity index is 406. The van der Waals surface area contributed by atoms with E-state index in [-0.39, 0.29) is 35.7 Å². The molecule has 0 aromatic carbocycles. The highest BCUT2D eigenvalue weighted by molar-refractivity contribution is 4.84. The predicted molar refractivity (Wildman–Crippen MR) is 110 cm³/mol. The summed E-state index contributed by atoms with van der Waals surface area (Å²) in [7, 11) is 3.92. The molecule has 0 aromatic rings. The number of hydrazine groups is 1. The Morgan fingerprint density at radius 1 is 0.815 bits per heavy atom. The maximum atomic E-state index is 6.22. The fourth-order valence-corrected chi connectivity index (χ4v) is 2.48. The van der Waals surface area contributed by atoms with Crippen LogP contribution < -0.4 is 5.43 Å². The van der Waals surface area contributed by atoms with Gasteiger partial charge in [0.2, 0.25) is 0 Å². The van der Waals surface area contributed by atoms with Crippen LogP contribution in [0.2, 0.25) is 0 Å². The molecule has 27 heavy (non-hydrogen) atoms. The van der Waals surface area contributed by atoms with E-state index in [4.69, 9.17) is 18.9 Å². The van der Waals surface area contributed by atoms with E-state index in [1.165, 1.54) is 0 Å². The van der Waals surface area contributed by atoms with Gasteiger partial charge in [0.15, 0.2) is 6.29 Å². The van der Waals surface area contributed by atoms with Crippen LogP contribution >= 0.6 is 0 Å². The van der Waals surface area contributed by atoms with Gasteiger partial charge in [0, 0.05) is 14.1 Å². The van der Waals surface area contributed by atoms with Crippen LogP contribution in [0.25, 0.3) is 0 Å². The monoisotopic (exact) mass is 388 g/mol. The fraction of sp³-hybridized carbons (Fsp3) is 1.00. The first-order valence-corrected chi connectivity index (χ1v) is 10.3. The van der Waals surface area contributed by atoms with Gasteiger partial charge in [-0.1, -0.05) is 27.7 Å². The first-order valence-electron chi connectivity index (χ1n) is 10.3. The van der Waals surface area contributed by atoms with Gasteiger partial charge in [-0.3, -0.25) is 5.01 Å². The summed E-state index contributed by atoms with van der Waals surface area (Å²) >= 11 is 0. The molecular formula is C21H44N2O4. The molecule has 0 amide bonds. The van der Waals surface area contributed by atoms with E-state index >= 15 is 0 Å². The Labute approximate surface area is 167 Å². The molecule has 1 rings (SSSR count). The van der Waals surface area contributed by atoms with Gasteiger partial charge in [-0.2, -0.15) is 0 Å². The highest BCUT2D eigenvalue weighted by Crippen LogP contribution is 2.28. The van der Waals surface area contributed by atoms with Crippen LogP contribution in [-0.4, -0.2) is 68.1 Å². The Hall–Kier alpha value is -0.240. The third-order valence-corrected chi connectivity index (χ3v) is 5.92. The van der Waals surface area contributed by atoms with Gasteiger partial charge in [0.25, 0.3) is 0 Å². The van der Waals surface area contributed by atoms with Crippen molar-refractivity contribution < 1.29 is 18.9 Å². The Balaban J connectivity index is 2.77. The van der Waals surface area contributed by atoms with Crippen LogP contribution in [0.4, 0.5) is 0 Å². The molecule has 3 atom stereocenters. The van der Waals surface area contributed by atoms with E-state index in [0.717, 1.165) is 0 Å². The molecule has 0 unspecified atom stereocenters.